The van der Waals surface area contributed by atoms with Gasteiger partial charge in [0.2, 0.25) is 5.91 Å². The van der Waals surface area contributed by atoms with Crippen molar-refractivity contribution >= 4 is 11.8 Å². The van der Waals surface area contributed by atoms with E-state index in [4.69, 9.17) is 4.74 Å². The van der Waals surface area contributed by atoms with Crippen LogP contribution in [0.15, 0.2) is 0 Å². The zero-order valence-corrected chi connectivity index (χ0v) is 12.8. The Morgan fingerprint density at radius 2 is 1.86 bits per heavy atom. The standard InChI is InChI=1S/C15H25N3O3/c1-15(5-3-6-16-15)14(20)18-9-7-17(8-10-18)13(19)12-4-2-11-21-12/h12,16H,2-11H2,1H3. The van der Waals surface area contributed by atoms with Crippen molar-refractivity contribution in [3.63, 3.8) is 0 Å². The highest BCUT2D eigenvalue weighted by molar-refractivity contribution is 5.87. The number of hydrogen-bond donors (Lipinski definition) is 1. The lowest BCUT2D eigenvalue weighted by molar-refractivity contribution is -0.147. The summed E-state index contributed by atoms with van der Waals surface area (Å²) in [5.41, 5.74) is -0.402. The van der Waals surface area contributed by atoms with E-state index in [0.29, 0.717) is 32.8 Å². The summed E-state index contributed by atoms with van der Waals surface area (Å²) in [6.07, 6.45) is 3.51. The summed E-state index contributed by atoms with van der Waals surface area (Å²) in [5, 5.41) is 3.32. The molecule has 0 aromatic carbocycles. The lowest BCUT2D eigenvalue weighted by atomic mass is 9.98. The van der Waals surface area contributed by atoms with Gasteiger partial charge in [-0.1, -0.05) is 0 Å². The zero-order valence-electron chi connectivity index (χ0n) is 12.8. The van der Waals surface area contributed by atoms with Crippen molar-refractivity contribution in [3.05, 3.63) is 0 Å². The van der Waals surface area contributed by atoms with Crippen LogP contribution >= 0.6 is 0 Å². The Bertz CT molecular complexity index is 406. The first kappa shape index (κ1) is 14.8. The molecule has 2 amide bonds. The first-order chi connectivity index (χ1) is 10.1. The average molecular weight is 295 g/mol. The zero-order chi connectivity index (χ0) is 14.9. The van der Waals surface area contributed by atoms with Crippen LogP contribution in [-0.2, 0) is 14.3 Å². The van der Waals surface area contributed by atoms with Gasteiger partial charge in [-0.3, -0.25) is 9.59 Å². The maximum atomic E-state index is 12.6. The van der Waals surface area contributed by atoms with Crippen molar-refractivity contribution in [3.8, 4) is 0 Å². The molecule has 0 bridgehead atoms. The molecule has 2 unspecified atom stereocenters. The van der Waals surface area contributed by atoms with E-state index in [-0.39, 0.29) is 17.9 Å². The molecule has 6 nitrogen and oxygen atoms in total. The maximum Gasteiger partial charge on any atom is 0.251 e. The van der Waals surface area contributed by atoms with Crippen LogP contribution in [0.5, 0.6) is 0 Å². The Morgan fingerprint density at radius 1 is 1.14 bits per heavy atom. The first-order valence-corrected chi connectivity index (χ1v) is 8.05. The Kier molecular flexibility index (Phi) is 4.17. The SMILES string of the molecule is CC1(C(=O)N2CCN(C(=O)C3CCCO3)CC2)CCCN1. The minimum atomic E-state index is -0.402. The van der Waals surface area contributed by atoms with Gasteiger partial charge >= 0.3 is 0 Å². The minimum Gasteiger partial charge on any atom is -0.368 e. The number of hydrogen-bond acceptors (Lipinski definition) is 4. The van der Waals surface area contributed by atoms with E-state index in [1.165, 1.54) is 0 Å². The normalized spacial score (nSPS) is 33.5. The number of nitrogens with one attached hydrogen (secondary N) is 1. The highest BCUT2D eigenvalue weighted by atomic mass is 16.5. The third kappa shape index (κ3) is 2.92. The predicted octanol–water partition coefficient (Wildman–Crippen LogP) is -0.0217. The molecule has 0 radical (unpaired) electrons. The fourth-order valence-electron chi connectivity index (χ4n) is 3.53. The summed E-state index contributed by atoms with van der Waals surface area (Å²) in [7, 11) is 0. The third-order valence-electron chi connectivity index (χ3n) is 4.92. The van der Waals surface area contributed by atoms with Crippen LogP contribution in [0.2, 0.25) is 0 Å². The van der Waals surface area contributed by atoms with Crippen molar-refractivity contribution in [2.45, 2.75) is 44.2 Å². The number of nitrogens with zero attached hydrogens (tertiary/aromatic N) is 2. The van der Waals surface area contributed by atoms with Gasteiger partial charge in [-0.25, -0.2) is 0 Å². The van der Waals surface area contributed by atoms with Gasteiger partial charge in [-0.05, 0) is 39.2 Å². The summed E-state index contributed by atoms with van der Waals surface area (Å²) in [4.78, 5) is 28.6. The second kappa shape index (κ2) is 5.93. The fourth-order valence-corrected chi connectivity index (χ4v) is 3.53. The molecule has 1 N–H and O–H groups in total. The van der Waals surface area contributed by atoms with Crippen LogP contribution in [0, 0.1) is 0 Å². The van der Waals surface area contributed by atoms with E-state index in [9.17, 15) is 9.59 Å². The number of carbonyl (C=O) groups is 2. The smallest absolute Gasteiger partial charge is 0.251 e. The number of piperazine rings is 1. The molecule has 3 rings (SSSR count). The molecule has 0 aliphatic carbocycles. The molecular formula is C15H25N3O3. The summed E-state index contributed by atoms with van der Waals surface area (Å²) in [6.45, 7) is 6.12. The van der Waals surface area contributed by atoms with Gasteiger partial charge in [0.1, 0.15) is 6.10 Å². The van der Waals surface area contributed by atoms with Gasteiger partial charge < -0.3 is 19.9 Å². The Morgan fingerprint density at radius 3 is 2.43 bits per heavy atom. The molecule has 0 saturated carbocycles. The van der Waals surface area contributed by atoms with E-state index in [0.717, 1.165) is 32.2 Å². The van der Waals surface area contributed by atoms with Gasteiger partial charge in [-0.2, -0.15) is 0 Å². The Hall–Kier alpha value is -1.14. The predicted molar refractivity (Wildman–Crippen MR) is 77.8 cm³/mol. The van der Waals surface area contributed by atoms with Crippen LogP contribution < -0.4 is 5.32 Å². The molecule has 0 aromatic heterocycles. The minimum absolute atomic E-state index is 0.102. The van der Waals surface area contributed by atoms with E-state index in [2.05, 4.69) is 5.32 Å². The molecule has 0 spiro atoms. The molecule has 6 heteroatoms. The molecule has 0 aromatic rings. The van der Waals surface area contributed by atoms with Crippen molar-refractivity contribution in [2.75, 3.05) is 39.3 Å². The molecule has 3 saturated heterocycles. The van der Waals surface area contributed by atoms with Crippen molar-refractivity contribution in [2.24, 2.45) is 0 Å². The second-order valence-corrected chi connectivity index (χ2v) is 6.48. The molecular weight excluding hydrogens is 270 g/mol. The van der Waals surface area contributed by atoms with E-state index < -0.39 is 5.54 Å². The summed E-state index contributed by atoms with van der Waals surface area (Å²) < 4.78 is 5.46. The van der Waals surface area contributed by atoms with Crippen LogP contribution in [0.25, 0.3) is 0 Å². The largest absolute Gasteiger partial charge is 0.368 e. The van der Waals surface area contributed by atoms with Gasteiger partial charge in [0, 0.05) is 32.8 Å². The monoisotopic (exact) mass is 295 g/mol. The highest BCUT2D eigenvalue weighted by Gasteiger charge is 2.40. The first-order valence-electron chi connectivity index (χ1n) is 8.05. The molecule has 3 heterocycles. The van der Waals surface area contributed by atoms with Crippen LogP contribution in [0.3, 0.4) is 0 Å². The molecule has 3 aliphatic rings. The number of amides is 2. The summed E-state index contributed by atoms with van der Waals surface area (Å²) in [5.74, 6) is 0.286. The van der Waals surface area contributed by atoms with Gasteiger partial charge in [0.05, 0.1) is 5.54 Å². The van der Waals surface area contributed by atoms with Crippen molar-refractivity contribution < 1.29 is 14.3 Å². The van der Waals surface area contributed by atoms with Crippen molar-refractivity contribution in [1.29, 1.82) is 0 Å². The van der Waals surface area contributed by atoms with Crippen LogP contribution in [0.1, 0.15) is 32.6 Å². The maximum absolute atomic E-state index is 12.6. The number of carbonyl (C=O) groups excluding carboxylic acids is 2. The van der Waals surface area contributed by atoms with Gasteiger partial charge in [0.25, 0.3) is 5.91 Å². The van der Waals surface area contributed by atoms with Gasteiger partial charge in [0.15, 0.2) is 0 Å². The van der Waals surface area contributed by atoms with E-state index >= 15 is 0 Å². The summed E-state index contributed by atoms with van der Waals surface area (Å²) in [6, 6.07) is 0. The second-order valence-electron chi connectivity index (χ2n) is 6.48. The lowest BCUT2D eigenvalue weighted by Gasteiger charge is -2.39. The Labute approximate surface area is 125 Å². The molecule has 3 fully saturated rings. The average Bonchev–Trinajstić information content (AvgIpc) is 3.18. The molecule has 3 aliphatic heterocycles. The molecule has 118 valence electrons. The van der Waals surface area contributed by atoms with Crippen molar-refractivity contribution in [1.82, 2.24) is 15.1 Å². The molecule has 21 heavy (non-hydrogen) atoms. The third-order valence-corrected chi connectivity index (χ3v) is 4.92. The summed E-state index contributed by atoms with van der Waals surface area (Å²) >= 11 is 0. The number of rotatable bonds is 2. The van der Waals surface area contributed by atoms with Crippen LogP contribution in [-0.4, -0.2) is 72.6 Å². The van der Waals surface area contributed by atoms with Gasteiger partial charge in [-0.15, -0.1) is 0 Å². The lowest BCUT2D eigenvalue weighted by Crippen LogP contribution is -2.59. The quantitative estimate of drug-likeness (QED) is 0.778. The topological polar surface area (TPSA) is 61.9 Å². The number of ether oxygens (including phenoxy) is 1. The highest BCUT2D eigenvalue weighted by Crippen LogP contribution is 2.22. The van der Waals surface area contributed by atoms with E-state index in [1.807, 2.05) is 16.7 Å². The fraction of sp³-hybridized carbons (Fsp3) is 0.867. The molecule has 2 atom stereocenters. The van der Waals surface area contributed by atoms with E-state index in [1.54, 1.807) is 0 Å². The van der Waals surface area contributed by atoms with Crippen LogP contribution in [0.4, 0.5) is 0 Å². The Balaban J connectivity index is 1.52.